The van der Waals surface area contributed by atoms with Crippen LogP contribution in [0.4, 0.5) is 16.2 Å². The van der Waals surface area contributed by atoms with Crippen LogP contribution in [0.3, 0.4) is 0 Å². The van der Waals surface area contributed by atoms with Crippen LogP contribution in [0, 0.1) is 0 Å². The zero-order valence-corrected chi connectivity index (χ0v) is 18.4. The van der Waals surface area contributed by atoms with Gasteiger partial charge in [0.2, 0.25) is 0 Å². The smallest absolute Gasteiger partial charge is 0.322 e. The zero-order valence-electron chi connectivity index (χ0n) is 17.6. The number of furan rings is 1. The van der Waals surface area contributed by atoms with Crippen LogP contribution in [0.25, 0.3) is 0 Å². The van der Waals surface area contributed by atoms with Gasteiger partial charge in [-0.25, -0.2) is 4.79 Å². The van der Waals surface area contributed by atoms with Gasteiger partial charge in [0.15, 0.2) is 5.76 Å². The molecule has 0 bridgehead atoms. The van der Waals surface area contributed by atoms with Gasteiger partial charge in [-0.3, -0.25) is 4.79 Å². The largest absolute Gasteiger partial charge is 0.459 e. The van der Waals surface area contributed by atoms with Crippen molar-refractivity contribution < 1.29 is 14.0 Å². The molecule has 0 aliphatic carbocycles. The van der Waals surface area contributed by atoms with Gasteiger partial charge in [0.25, 0.3) is 5.91 Å². The molecule has 1 heterocycles. The zero-order chi connectivity index (χ0) is 22.2. The number of amides is 3. The molecular formula is C24H26ClN3O3. The summed E-state index contributed by atoms with van der Waals surface area (Å²) in [5, 5.41) is 5.92. The van der Waals surface area contributed by atoms with Crippen molar-refractivity contribution in [3.05, 3.63) is 83.3 Å². The van der Waals surface area contributed by atoms with Gasteiger partial charge in [-0.1, -0.05) is 48.9 Å². The molecule has 3 amide bonds. The van der Waals surface area contributed by atoms with Gasteiger partial charge in [-0.2, -0.15) is 0 Å². The van der Waals surface area contributed by atoms with E-state index >= 15 is 0 Å². The Labute approximate surface area is 187 Å². The van der Waals surface area contributed by atoms with E-state index in [1.807, 2.05) is 30.0 Å². The number of likely N-dealkylation sites (N-methyl/N-ethyl adjacent to an activating group) is 1. The quantitative estimate of drug-likeness (QED) is 0.448. The van der Waals surface area contributed by atoms with Gasteiger partial charge < -0.3 is 20.0 Å². The Hall–Kier alpha value is -3.25. The molecule has 31 heavy (non-hydrogen) atoms. The molecule has 3 rings (SSSR count). The van der Waals surface area contributed by atoms with Crippen LogP contribution in [0.1, 0.15) is 36.4 Å². The normalized spacial score (nSPS) is 11.6. The lowest BCUT2D eigenvalue weighted by atomic mass is 10.0. The van der Waals surface area contributed by atoms with E-state index in [-0.39, 0.29) is 17.8 Å². The minimum atomic E-state index is -0.396. The van der Waals surface area contributed by atoms with Gasteiger partial charge in [-0.15, -0.1) is 0 Å². The molecule has 1 atom stereocenters. The molecule has 0 saturated heterocycles. The van der Waals surface area contributed by atoms with E-state index in [0.29, 0.717) is 22.9 Å². The van der Waals surface area contributed by atoms with Gasteiger partial charge in [0.1, 0.15) is 0 Å². The summed E-state index contributed by atoms with van der Waals surface area (Å²) in [6, 6.07) is 18.2. The van der Waals surface area contributed by atoms with E-state index < -0.39 is 5.91 Å². The average molecular weight is 440 g/mol. The number of nitrogens with zero attached hydrogens (tertiary/aromatic N) is 1. The fraction of sp³-hybridized carbons (Fsp3) is 0.250. The summed E-state index contributed by atoms with van der Waals surface area (Å²) >= 11 is 6.32. The molecule has 0 aliphatic heterocycles. The summed E-state index contributed by atoms with van der Waals surface area (Å²) in [6.45, 7) is 4.63. The second kappa shape index (κ2) is 10.7. The number of urea groups is 1. The van der Waals surface area contributed by atoms with E-state index in [9.17, 15) is 9.59 Å². The molecule has 162 valence electrons. The van der Waals surface area contributed by atoms with Gasteiger partial charge in [-0.05, 0) is 55.7 Å². The maximum atomic E-state index is 13.0. The monoisotopic (exact) mass is 439 g/mol. The SMILES string of the molecule is CCC(Cc1ccccc1)N(CC)C(=O)Nc1ccc(NC(=O)c2ccco2)c(Cl)c1. The Morgan fingerprint density at radius 2 is 1.81 bits per heavy atom. The number of hydrogen-bond donors (Lipinski definition) is 2. The molecule has 1 aromatic heterocycles. The highest BCUT2D eigenvalue weighted by atomic mass is 35.5. The fourth-order valence-corrected chi connectivity index (χ4v) is 3.64. The molecule has 7 heteroatoms. The number of rotatable bonds is 8. The fourth-order valence-electron chi connectivity index (χ4n) is 3.41. The first kappa shape index (κ1) is 22.4. The number of carbonyl (C=O) groups excluding carboxylic acids is 2. The first-order valence-corrected chi connectivity index (χ1v) is 10.7. The third kappa shape index (κ3) is 5.89. The summed E-state index contributed by atoms with van der Waals surface area (Å²) < 4.78 is 5.08. The van der Waals surface area contributed by atoms with Crippen LogP contribution in [-0.2, 0) is 6.42 Å². The van der Waals surface area contributed by atoms with Crippen LogP contribution in [0.15, 0.2) is 71.3 Å². The highest BCUT2D eigenvalue weighted by Gasteiger charge is 2.21. The van der Waals surface area contributed by atoms with E-state index in [4.69, 9.17) is 16.0 Å². The van der Waals surface area contributed by atoms with Crippen molar-refractivity contribution >= 4 is 34.9 Å². The predicted octanol–water partition coefficient (Wildman–Crippen LogP) is 6.06. The Bertz CT molecular complexity index is 1010. The Morgan fingerprint density at radius 1 is 1.03 bits per heavy atom. The van der Waals surface area contributed by atoms with Crippen LogP contribution in [0.5, 0.6) is 0 Å². The van der Waals surface area contributed by atoms with Gasteiger partial charge in [0, 0.05) is 18.3 Å². The maximum absolute atomic E-state index is 13.0. The summed E-state index contributed by atoms with van der Waals surface area (Å²) in [4.78, 5) is 26.9. The molecule has 0 fully saturated rings. The Morgan fingerprint density at radius 3 is 2.42 bits per heavy atom. The minimum absolute atomic E-state index is 0.0785. The summed E-state index contributed by atoms with van der Waals surface area (Å²) in [6.07, 6.45) is 3.06. The van der Waals surface area contributed by atoms with Gasteiger partial charge >= 0.3 is 6.03 Å². The number of carbonyl (C=O) groups is 2. The van der Waals surface area contributed by atoms with E-state index in [0.717, 1.165) is 12.8 Å². The Kier molecular flexibility index (Phi) is 7.73. The summed E-state index contributed by atoms with van der Waals surface area (Å²) in [5.41, 5.74) is 2.18. The van der Waals surface area contributed by atoms with E-state index in [2.05, 4.69) is 29.7 Å². The first-order valence-electron chi connectivity index (χ1n) is 10.3. The summed E-state index contributed by atoms with van der Waals surface area (Å²) in [7, 11) is 0. The lowest BCUT2D eigenvalue weighted by Crippen LogP contribution is -2.43. The van der Waals surface area contributed by atoms with Crippen molar-refractivity contribution in [1.29, 1.82) is 0 Å². The highest BCUT2D eigenvalue weighted by Crippen LogP contribution is 2.26. The van der Waals surface area contributed by atoms with Crippen molar-refractivity contribution in [2.45, 2.75) is 32.7 Å². The summed E-state index contributed by atoms with van der Waals surface area (Å²) in [5.74, 6) is -0.205. The number of nitrogens with one attached hydrogen (secondary N) is 2. The molecule has 2 aromatic carbocycles. The molecule has 3 aromatic rings. The van der Waals surface area contributed by atoms with Crippen molar-refractivity contribution in [3.8, 4) is 0 Å². The topological polar surface area (TPSA) is 74.6 Å². The lowest BCUT2D eigenvalue weighted by molar-refractivity contribution is 0.0996. The minimum Gasteiger partial charge on any atom is -0.459 e. The van der Waals surface area contributed by atoms with Crippen LogP contribution < -0.4 is 10.6 Å². The predicted molar refractivity (Wildman–Crippen MR) is 124 cm³/mol. The number of anilines is 2. The van der Waals surface area contributed by atoms with Crippen molar-refractivity contribution in [2.75, 3.05) is 17.2 Å². The average Bonchev–Trinajstić information content (AvgIpc) is 3.31. The van der Waals surface area contributed by atoms with Crippen LogP contribution in [-0.4, -0.2) is 29.4 Å². The van der Waals surface area contributed by atoms with Crippen molar-refractivity contribution in [1.82, 2.24) is 4.90 Å². The van der Waals surface area contributed by atoms with E-state index in [1.54, 1.807) is 30.3 Å². The molecule has 2 N–H and O–H groups in total. The number of hydrogen-bond acceptors (Lipinski definition) is 3. The molecule has 0 spiro atoms. The maximum Gasteiger partial charge on any atom is 0.322 e. The van der Waals surface area contributed by atoms with Crippen molar-refractivity contribution in [2.24, 2.45) is 0 Å². The number of halogens is 1. The molecular weight excluding hydrogens is 414 g/mol. The molecule has 6 nitrogen and oxygen atoms in total. The second-order valence-corrected chi connectivity index (χ2v) is 7.50. The van der Waals surface area contributed by atoms with Crippen LogP contribution >= 0.6 is 11.6 Å². The lowest BCUT2D eigenvalue weighted by Gasteiger charge is -2.30. The Balaban J connectivity index is 1.66. The molecule has 0 aliphatic rings. The number of benzene rings is 2. The molecule has 1 unspecified atom stereocenters. The van der Waals surface area contributed by atoms with Crippen LogP contribution in [0.2, 0.25) is 5.02 Å². The van der Waals surface area contributed by atoms with E-state index in [1.165, 1.54) is 11.8 Å². The molecule has 0 radical (unpaired) electrons. The standard InChI is InChI=1S/C24H26ClN3O3/c1-3-19(15-17-9-6-5-7-10-17)28(4-2)24(30)26-18-12-13-21(20(25)16-18)27-23(29)22-11-8-14-31-22/h5-14,16,19H,3-4,15H2,1-2H3,(H,26,30)(H,27,29). The van der Waals surface area contributed by atoms with Crippen molar-refractivity contribution in [3.63, 3.8) is 0 Å². The second-order valence-electron chi connectivity index (χ2n) is 7.09. The molecule has 0 saturated carbocycles. The third-order valence-electron chi connectivity index (χ3n) is 5.04. The third-order valence-corrected chi connectivity index (χ3v) is 5.35. The first-order chi connectivity index (χ1) is 15.0. The van der Waals surface area contributed by atoms with Gasteiger partial charge in [0.05, 0.1) is 17.0 Å². The highest BCUT2D eigenvalue weighted by molar-refractivity contribution is 6.34.